The zero-order chi connectivity index (χ0) is 9.03. The highest BCUT2D eigenvalue weighted by molar-refractivity contribution is 4.94. The number of rotatable bonds is 1. The van der Waals surface area contributed by atoms with Crippen molar-refractivity contribution in [3.63, 3.8) is 0 Å². The number of nitrogens with one attached hydrogen (secondary N) is 1. The topological polar surface area (TPSA) is 12.0 Å². The fourth-order valence-electron chi connectivity index (χ4n) is 1.28. The van der Waals surface area contributed by atoms with Gasteiger partial charge in [0.25, 0.3) is 0 Å². The van der Waals surface area contributed by atoms with E-state index in [4.69, 9.17) is 0 Å². The van der Waals surface area contributed by atoms with Gasteiger partial charge in [-0.3, -0.25) is 0 Å². The van der Waals surface area contributed by atoms with Crippen molar-refractivity contribution in [2.45, 2.75) is 19.0 Å². The lowest BCUT2D eigenvalue weighted by atomic mass is 9.98. The van der Waals surface area contributed by atoms with Crippen LogP contribution in [0.2, 0.25) is 0 Å². The van der Waals surface area contributed by atoms with Crippen LogP contribution in [0, 0.1) is 5.92 Å². The van der Waals surface area contributed by atoms with Gasteiger partial charge in [0.15, 0.2) is 0 Å². The van der Waals surface area contributed by atoms with Crippen LogP contribution in [0.3, 0.4) is 0 Å². The Morgan fingerprint density at radius 3 is 2.25 bits per heavy atom. The van der Waals surface area contributed by atoms with Crippen molar-refractivity contribution in [1.29, 1.82) is 0 Å². The summed E-state index contributed by atoms with van der Waals surface area (Å²) in [5.74, 6) is 0.105. The molecular weight excluding hydrogens is 167 g/mol. The Morgan fingerprint density at radius 1 is 1.17 bits per heavy atom. The first kappa shape index (κ1) is 9.58. The van der Waals surface area contributed by atoms with E-state index < -0.39 is 6.18 Å². The van der Waals surface area contributed by atoms with E-state index in [-0.39, 0.29) is 5.92 Å². The number of halogens is 3. The van der Waals surface area contributed by atoms with Crippen LogP contribution >= 0.6 is 0 Å². The molecule has 0 saturated carbocycles. The van der Waals surface area contributed by atoms with Crippen molar-refractivity contribution in [3.05, 3.63) is 12.2 Å². The minimum absolute atomic E-state index is 0.105. The molecule has 0 aromatic heterocycles. The number of alkyl halides is 3. The van der Waals surface area contributed by atoms with E-state index in [1.54, 1.807) is 0 Å². The van der Waals surface area contributed by atoms with Gasteiger partial charge >= 0.3 is 6.18 Å². The molecule has 1 N–H and O–H groups in total. The second-order valence-corrected chi connectivity index (χ2v) is 2.99. The van der Waals surface area contributed by atoms with E-state index in [1.807, 2.05) is 0 Å². The summed E-state index contributed by atoms with van der Waals surface area (Å²) in [6.45, 7) is 1.65. The SMILES string of the molecule is FC(F)(F)C=CC1CCNCC1. The first-order chi connectivity index (χ1) is 5.58. The van der Waals surface area contributed by atoms with Gasteiger partial charge in [-0.2, -0.15) is 13.2 Å². The molecule has 0 aliphatic carbocycles. The summed E-state index contributed by atoms with van der Waals surface area (Å²) in [5, 5.41) is 3.10. The third-order valence-corrected chi connectivity index (χ3v) is 1.94. The van der Waals surface area contributed by atoms with Gasteiger partial charge in [0, 0.05) is 6.08 Å². The van der Waals surface area contributed by atoms with E-state index in [0.29, 0.717) is 6.08 Å². The third-order valence-electron chi connectivity index (χ3n) is 1.94. The highest BCUT2D eigenvalue weighted by atomic mass is 19.4. The minimum atomic E-state index is -4.15. The molecule has 12 heavy (non-hydrogen) atoms. The van der Waals surface area contributed by atoms with Crippen LogP contribution < -0.4 is 5.32 Å². The maximum absolute atomic E-state index is 11.7. The Hall–Kier alpha value is -0.510. The van der Waals surface area contributed by atoms with Gasteiger partial charge in [0.05, 0.1) is 0 Å². The minimum Gasteiger partial charge on any atom is -0.317 e. The summed E-state index contributed by atoms with van der Waals surface area (Å²) in [6.07, 6.45) is -0.895. The first-order valence-corrected chi connectivity index (χ1v) is 4.05. The standard InChI is InChI=1S/C8H12F3N/c9-8(10,11)4-1-7-2-5-12-6-3-7/h1,4,7,12H,2-3,5-6H2. The Bertz CT molecular complexity index is 156. The van der Waals surface area contributed by atoms with E-state index in [9.17, 15) is 13.2 Å². The lowest BCUT2D eigenvalue weighted by Crippen LogP contribution is -2.27. The molecule has 0 unspecified atom stereocenters. The average molecular weight is 179 g/mol. The normalized spacial score (nSPS) is 21.9. The van der Waals surface area contributed by atoms with E-state index in [1.165, 1.54) is 6.08 Å². The van der Waals surface area contributed by atoms with Gasteiger partial charge < -0.3 is 5.32 Å². The molecule has 70 valence electrons. The van der Waals surface area contributed by atoms with Crippen LogP contribution in [0.5, 0.6) is 0 Å². The smallest absolute Gasteiger partial charge is 0.317 e. The molecule has 0 aromatic carbocycles. The van der Waals surface area contributed by atoms with Crippen molar-refractivity contribution >= 4 is 0 Å². The number of piperidine rings is 1. The van der Waals surface area contributed by atoms with Gasteiger partial charge in [0.2, 0.25) is 0 Å². The fourth-order valence-corrected chi connectivity index (χ4v) is 1.28. The molecule has 1 saturated heterocycles. The summed E-state index contributed by atoms with van der Waals surface area (Å²) < 4.78 is 35.1. The predicted octanol–water partition coefficient (Wildman–Crippen LogP) is 2.10. The van der Waals surface area contributed by atoms with Crippen LogP contribution in [0.4, 0.5) is 13.2 Å². The summed E-state index contributed by atoms with van der Waals surface area (Å²) in [5.41, 5.74) is 0. The Balaban J connectivity index is 2.33. The molecule has 0 amide bonds. The first-order valence-electron chi connectivity index (χ1n) is 4.05. The Labute approximate surface area is 69.6 Å². The summed E-state index contributed by atoms with van der Waals surface area (Å²) in [4.78, 5) is 0. The van der Waals surface area contributed by atoms with Gasteiger partial charge in [-0.25, -0.2) is 0 Å². The quantitative estimate of drug-likeness (QED) is 0.608. The van der Waals surface area contributed by atoms with Crippen molar-refractivity contribution in [3.8, 4) is 0 Å². The van der Waals surface area contributed by atoms with Crippen LogP contribution in [0.15, 0.2) is 12.2 Å². The summed E-state index contributed by atoms with van der Waals surface area (Å²) in [7, 11) is 0. The zero-order valence-corrected chi connectivity index (χ0v) is 6.69. The van der Waals surface area contributed by atoms with Crippen LogP contribution in [-0.2, 0) is 0 Å². The number of hydrogen-bond donors (Lipinski definition) is 1. The maximum Gasteiger partial charge on any atom is 0.409 e. The second kappa shape index (κ2) is 3.94. The average Bonchev–Trinajstić information content (AvgIpc) is 2.02. The molecule has 0 aromatic rings. The molecule has 1 heterocycles. The molecule has 0 spiro atoms. The summed E-state index contributed by atoms with van der Waals surface area (Å²) in [6, 6.07) is 0. The summed E-state index contributed by atoms with van der Waals surface area (Å²) >= 11 is 0. The largest absolute Gasteiger partial charge is 0.409 e. The van der Waals surface area contributed by atoms with Crippen molar-refractivity contribution < 1.29 is 13.2 Å². The molecule has 1 rings (SSSR count). The fraction of sp³-hybridized carbons (Fsp3) is 0.750. The van der Waals surface area contributed by atoms with Crippen LogP contribution in [-0.4, -0.2) is 19.3 Å². The van der Waals surface area contributed by atoms with E-state index in [2.05, 4.69) is 5.32 Å². The van der Waals surface area contributed by atoms with Crippen molar-refractivity contribution in [2.75, 3.05) is 13.1 Å². The van der Waals surface area contributed by atoms with Gasteiger partial charge in [-0.1, -0.05) is 6.08 Å². The third kappa shape index (κ3) is 3.76. The molecule has 4 heteroatoms. The highest BCUT2D eigenvalue weighted by Gasteiger charge is 2.23. The molecule has 1 aliphatic heterocycles. The molecule has 0 radical (unpaired) electrons. The van der Waals surface area contributed by atoms with Gasteiger partial charge in [-0.15, -0.1) is 0 Å². The van der Waals surface area contributed by atoms with Crippen LogP contribution in [0.25, 0.3) is 0 Å². The number of hydrogen-bond acceptors (Lipinski definition) is 1. The molecule has 0 bridgehead atoms. The van der Waals surface area contributed by atoms with E-state index >= 15 is 0 Å². The maximum atomic E-state index is 11.7. The second-order valence-electron chi connectivity index (χ2n) is 2.99. The predicted molar refractivity (Wildman–Crippen MR) is 40.8 cm³/mol. The van der Waals surface area contributed by atoms with Crippen molar-refractivity contribution in [1.82, 2.24) is 5.32 Å². The molecule has 1 aliphatic rings. The number of allylic oxidation sites excluding steroid dienone is 2. The van der Waals surface area contributed by atoms with Crippen molar-refractivity contribution in [2.24, 2.45) is 5.92 Å². The molecule has 1 nitrogen and oxygen atoms in total. The van der Waals surface area contributed by atoms with Crippen LogP contribution in [0.1, 0.15) is 12.8 Å². The zero-order valence-electron chi connectivity index (χ0n) is 6.69. The molecule has 0 atom stereocenters. The lowest BCUT2D eigenvalue weighted by Gasteiger charge is -2.19. The van der Waals surface area contributed by atoms with E-state index in [0.717, 1.165) is 25.9 Å². The molecule has 1 fully saturated rings. The monoisotopic (exact) mass is 179 g/mol. The van der Waals surface area contributed by atoms with Gasteiger partial charge in [-0.05, 0) is 31.8 Å². The molecular formula is C8H12F3N. The highest BCUT2D eigenvalue weighted by Crippen LogP contribution is 2.20. The van der Waals surface area contributed by atoms with Gasteiger partial charge in [0.1, 0.15) is 0 Å². The lowest BCUT2D eigenvalue weighted by molar-refractivity contribution is -0.0803. The Kier molecular flexibility index (Phi) is 3.14. The Morgan fingerprint density at radius 2 is 1.75 bits per heavy atom.